The summed E-state index contributed by atoms with van der Waals surface area (Å²) in [4.78, 5) is 10.6. The largest absolute Gasteiger partial charge is 0.392 e. The van der Waals surface area contributed by atoms with E-state index in [9.17, 15) is 10.1 Å². The molecule has 0 saturated carbocycles. The van der Waals surface area contributed by atoms with Crippen LogP contribution in [0.2, 0.25) is 0 Å². The number of aliphatic hydroxyl groups is 1. The predicted molar refractivity (Wildman–Crippen MR) is 77.5 cm³/mol. The van der Waals surface area contributed by atoms with Gasteiger partial charge < -0.3 is 10.4 Å². The van der Waals surface area contributed by atoms with Gasteiger partial charge in [-0.2, -0.15) is 0 Å². The van der Waals surface area contributed by atoms with E-state index in [1.165, 1.54) is 0 Å². The molecule has 0 atom stereocenters. The molecule has 2 rings (SSSR count). The zero-order valence-corrected chi connectivity index (χ0v) is 11.2. The predicted octanol–water partition coefficient (Wildman–Crippen LogP) is 3.01. The molecule has 5 heteroatoms. The maximum absolute atomic E-state index is 11.0. The van der Waals surface area contributed by atoms with Crippen LogP contribution in [0.1, 0.15) is 16.7 Å². The van der Waals surface area contributed by atoms with Crippen molar-refractivity contribution in [2.24, 2.45) is 0 Å². The number of aryl methyl sites for hydroxylation is 1. The molecule has 0 aliphatic carbocycles. The molecule has 0 heterocycles. The first-order chi connectivity index (χ1) is 9.60. The molecule has 2 aromatic rings. The molecule has 20 heavy (non-hydrogen) atoms. The maximum Gasteiger partial charge on any atom is 0.292 e. The van der Waals surface area contributed by atoms with Crippen LogP contribution >= 0.6 is 0 Å². The highest BCUT2D eigenvalue weighted by molar-refractivity contribution is 5.62. The van der Waals surface area contributed by atoms with Gasteiger partial charge in [0.25, 0.3) is 5.69 Å². The van der Waals surface area contributed by atoms with Crippen molar-refractivity contribution < 1.29 is 10.0 Å². The summed E-state index contributed by atoms with van der Waals surface area (Å²) in [5.74, 6) is 0. The van der Waals surface area contributed by atoms with Crippen LogP contribution in [0.3, 0.4) is 0 Å². The molecule has 104 valence electrons. The van der Waals surface area contributed by atoms with Gasteiger partial charge in [-0.15, -0.1) is 0 Å². The maximum atomic E-state index is 11.0. The summed E-state index contributed by atoms with van der Waals surface area (Å²) in [6, 6.07) is 12.6. The number of nitro benzene ring substituents is 1. The van der Waals surface area contributed by atoms with Crippen molar-refractivity contribution in [1.29, 1.82) is 0 Å². The molecule has 0 fully saturated rings. The average Bonchev–Trinajstić information content (AvgIpc) is 2.46. The number of hydrogen-bond acceptors (Lipinski definition) is 4. The molecule has 0 unspecified atom stereocenters. The molecule has 0 spiro atoms. The van der Waals surface area contributed by atoms with Gasteiger partial charge in [-0.25, -0.2) is 0 Å². The zero-order chi connectivity index (χ0) is 14.5. The number of anilines is 1. The number of rotatable bonds is 5. The van der Waals surface area contributed by atoms with Crippen molar-refractivity contribution in [3.05, 3.63) is 69.3 Å². The monoisotopic (exact) mass is 272 g/mol. The van der Waals surface area contributed by atoms with Crippen LogP contribution in [-0.4, -0.2) is 10.0 Å². The Bertz CT molecular complexity index is 609. The second-order valence-electron chi connectivity index (χ2n) is 4.61. The standard InChI is InChI=1S/C15H16N2O3/c1-11-2-7-14(15(8-11)17(19)20)16-9-12-3-5-13(10-18)6-4-12/h2-8,16,18H,9-10H2,1H3. The number of aliphatic hydroxyl groups excluding tert-OH is 1. The molecule has 0 amide bonds. The van der Waals surface area contributed by atoms with E-state index >= 15 is 0 Å². The fourth-order valence-electron chi connectivity index (χ4n) is 1.90. The molecule has 0 aliphatic rings. The number of hydrogen-bond donors (Lipinski definition) is 2. The van der Waals surface area contributed by atoms with Gasteiger partial charge in [-0.3, -0.25) is 10.1 Å². The molecule has 5 nitrogen and oxygen atoms in total. The summed E-state index contributed by atoms with van der Waals surface area (Å²) in [7, 11) is 0. The molecule has 0 bridgehead atoms. The minimum absolute atomic E-state index is 0.0111. The fourth-order valence-corrected chi connectivity index (χ4v) is 1.90. The molecule has 0 radical (unpaired) electrons. The normalized spacial score (nSPS) is 10.3. The topological polar surface area (TPSA) is 75.4 Å². The van der Waals surface area contributed by atoms with Crippen molar-refractivity contribution in [3.8, 4) is 0 Å². The van der Waals surface area contributed by atoms with Gasteiger partial charge in [0, 0.05) is 12.6 Å². The molecule has 2 aromatic carbocycles. The summed E-state index contributed by atoms with van der Waals surface area (Å²) < 4.78 is 0. The third-order valence-corrected chi connectivity index (χ3v) is 3.04. The summed E-state index contributed by atoms with van der Waals surface area (Å²) >= 11 is 0. The highest BCUT2D eigenvalue weighted by atomic mass is 16.6. The molecular formula is C15H16N2O3. The van der Waals surface area contributed by atoms with Gasteiger partial charge in [0.2, 0.25) is 0 Å². The van der Waals surface area contributed by atoms with Gasteiger partial charge in [0.15, 0.2) is 0 Å². The number of nitrogens with one attached hydrogen (secondary N) is 1. The number of benzene rings is 2. The smallest absolute Gasteiger partial charge is 0.292 e. The van der Waals surface area contributed by atoms with Crippen LogP contribution in [0.5, 0.6) is 0 Å². The molecule has 0 aromatic heterocycles. The van der Waals surface area contributed by atoms with Crippen molar-refractivity contribution >= 4 is 11.4 Å². The van der Waals surface area contributed by atoms with Gasteiger partial charge >= 0.3 is 0 Å². The first kappa shape index (κ1) is 14.0. The second kappa shape index (κ2) is 6.16. The van der Waals surface area contributed by atoms with E-state index in [1.807, 2.05) is 37.3 Å². The van der Waals surface area contributed by atoms with Crippen LogP contribution in [0.4, 0.5) is 11.4 Å². The second-order valence-corrected chi connectivity index (χ2v) is 4.61. The van der Waals surface area contributed by atoms with Crippen molar-refractivity contribution in [1.82, 2.24) is 0 Å². The first-order valence-corrected chi connectivity index (χ1v) is 6.28. The summed E-state index contributed by atoms with van der Waals surface area (Å²) in [5, 5.41) is 23.0. The van der Waals surface area contributed by atoms with E-state index in [1.54, 1.807) is 12.1 Å². The van der Waals surface area contributed by atoms with E-state index in [0.717, 1.165) is 16.7 Å². The summed E-state index contributed by atoms with van der Waals surface area (Å²) in [6.07, 6.45) is 0. The average molecular weight is 272 g/mol. The SMILES string of the molecule is Cc1ccc(NCc2ccc(CO)cc2)c([N+](=O)[O-])c1. The van der Waals surface area contributed by atoms with Crippen molar-refractivity contribution in [2.45, 2.75) is 20.1 Å². The third kappa shape index (κ3) is 3.33. The van der Waals surface area contributed by atoms with Crippen LogP contribution in [0.15, 0.2) is 42.5 Å². The van der Waals surface area contributed by atoms with E-state index in [0.29, 0.717) is 12.2 Å². The van der Waals surface area contributed by atoms with Gasteiger partial charge in [-0.05, 0) is 29.7 Å². The summed E-state index contributed by atoms with van der Waals surface area (Å²) in [5.41, 5.74) is 3.28. The Morgan fingerprint density at radius 1 is 1.15 bits per heavy atom. The van der Waals surface area contributed by atoms with Gasteiger partial charge in [-0.1, -0.05) is 30.3 Å². The lowest BCUT2D eigenvalue weighted by atomic mass is 10.1. The minimum Gasteiger partial charge on any atom is -0.392 e. The van der Waals surface area contributed by atoms with E-state index in [-0.39, 0.29) is 17.2 Å². The molecule has 0 aliphatic heterocycles. The number of nitro groups is 1. The van der Waals surface area contributed by atoms with Crippen molar-refractivity contribution in [2.75, 3.05) is 5.32 Å². The fraction of sp³-hybridized carbons (Fsp3) is 0.200. The van der Waals surface area contributed by atoms with Gasteiger partial charge in [0.05, 0.1) is 11.5 Å². The molecule has 0 saturated heterocycles. The van der Waals surface area contributed by atoms with E-state index < -0.39 is 0 Å². The zero-order valence-electron chi connectivity index (χ0n) is 11.2. The highest BCUT2D eigenvalue weighted by Crippen LogP contribution is 2.25. The van der Waals surface area contributed by atoms with E-state index in [2.05, 4.69) is 5.32 Å². The Kier molecular flexibility index (Phi) is 4.32. The first-order valence-electron chi connectivity index (χ1n) is 6.28. The molecule has 2 N–H and O–H groups in total. The number of nitrogens with zero attached hydrogens (tertiary/aromatic N) is 1. The highest BCUT2D eigenvalue weighted by Gasteiger charge is 2.13. The summed E-state index contributed by atoms with van der Waals surface area (Å²) in [6.45, 7) is 2.33. The Labute approximate surface area is 117 Å². The lowest BCUT2D eigenvalue weighted by molar-refractivity contribution is -0.384. The lowest BCUT2D eigenvalue weighted by Crippen LogP contribution is -2.03. The van der Waals surface area contributed by atoms with Crippen molar-refractivity contribution in [3.63, 3.8) is 0 Å². The van der Waals surface area contributed by atoms with Crippen LogP contribution in [0.25, 0.3) is 0 Å². The third-order valence-electron chi connectivity index (χ3n) is 3.04. The minimum atomic E-state index is -0.385. The van der Waals surface area contributed by atoms with Crippen LogP contribution in [-0.2, 0) is 13.2 Å². The Hall–Kier alpha value is -2.40. The molecular weight excluding hydrogens is 256 g/mol. The van der Waals surface area contributed by atoms with Gasteiger partial charge in [0.1, 0.15) is 5.69 Å². The Morgan fingerprint density at radius 2 is 1.80 bits per heavy atom. The van der Waals surface area contributed by atoms with E-state index in [4.69, 9.17) is 5.11 Å². The Morgan fingerprint density at radius 3 is 2.40 bits per heavy atom. The van der Waals surface area contributed by atoms with Crippen LogP contribution < -0.4 is 5.32 Å². The van der Waals surface area contributed by atoms with Crippen LogP contribution in [0, 0.1) is 17.0 Å². The quantitative estimate of drug-likeness (QED) is 0.648. The Balaban J connectivity index is 2.12. The lowest BCUT2D eigenvalue weighted by Gasteiger charge is -2.08.